The van der Waals surface area contributed by atoms with Gasteiger partial charge in [0.1, 0.15) is 0 Å². The Labute approximate surface area is 32.9 Å². The normalized spacial score (nSPS) is 6.25. The van der Waals surface area contributed by atoms with Crippen molar-refractivity contribution in [2.24, 2.45) is 4.58 Å². The van der Waals surface area contributed by atoms with Crippen molar-refractivity contribution in [3.05, 3.63) is 4.91 Å². The second-order valence-electron chi connectivity index (χ2n) is 0.156. The smallest absolute Gasteiger partial charge is 0.0870 e. The Morgan fingerprint density at radius 1 is 2.00 bits per heavy atom. The number of hydrogen-bond acceptors (Lipinski definition) is 4. The van der Waals surface area contributed by atoms with Gasteiger partial charge < -0.3 is 0 Å². The molecule has 0 heterocycles. The zero-order valence-electron chi connectivity index (χ0n) is 1.71. The third kappa shape index (κ3) is 2.30. The van der Waals surface area contributed by atoms with Crippen LogP contribution in [0.3, 0.4) is 0 Å². The van der Waals surface area contributed by atoms with Crippen LogP contribution >= 0.6 is 22.6 Å². The number of hydrogen-bond donors (Lipinski definition) is 1. The lowest BCUT2D eigenvalue weighted by Gasteiger charge is -1.49. The molecule has 0 radical (unpaired) electrons. The van der Waals surface area contributed by atoms with Crippen LogP contribution in [0.2, 0.25) is 0 Å². The highest BCUT2D eigenvalue weighted by Crippen LogP contribution is 2.01. The van der Waals surface area contributed by atoms with E-state index in [0.29, 0.717) is 11.0 Å². The molecule has 24 valence electrons. The van der Waals surface area contributed by atoms with Crippen LogP contribution in [0.25, 0.3) is 0 Å². The summed E-state index contributed by atoms with van der Waals surface area (Å²) in [5.41, 5.74) is 0. The quantitative estimate of drug-likeness (QED) is 0.230. The molecule has 0 bridgehead atoms. The molecule has 0 amide bonds. The molecule has 4 heteroatoms. The molecule has 0 saturated carbocycles. The van der Waals surface area contributed by atoms with E-state index in [2.05, 4.69) is 16.2 Å². The van der Waals surface area contributed by atoms with Gasteiger partial charge in [-0.2, -0.15) is 0 Å². The van der Waals surface area contributed by atoms with Crippen LogP contribution in [-0.4, -0.2) is 0 Å². The minimum Gasteiger partial charge on any atom is -0.136 e. The zero-order chi connectivity index (χ0) is 3.41. The fraction of sp³-hybridized carbons (Fsp3) is 0. The summed E-state index contributed by atoms with van der Waals surface area (Å²) < 4.78 is 2.27. The molecule has 0 aliphatic carbocycles. The summed E-state index contributed by atoms with van der Waals surface area (Å²) >= 11 is 3.36. The van der Waals surface area contributed by atoms with E-state index in [1.54, 1.807) is 0 Å². The summed E-state index contributed by atoms with van der Waals surface area (Å²) in [6, 6.07) is 0. The highest BCUT2D eigenvalue weighted by atomic mass is 33.1. The minimum absolute atomic E-state index is 0.620. The van der Waals surface area contributed by atoms with Crippen molar-refractivity contribution in [1.82, 2.24) is 0 Å². The van der Waals surface area contributed by atoms with Crippen molar-refractivity contribution in [2.75, 3.05) is 0 Å². The molecule has 0 aromatic rings. The zero-order valence-corrected chi connectivity index (χ0v) is 3.42. The Kier molecular flexibility index (Phi) is 3.55. The van der Waals surface area contributed by atoms with Gasteiger partial charge in [-0.05, 0) is 0 Å². The van der Waals surface area contributed by atoms with E-state index >= 15 is 0 Å². The Morgan fingerprint density at radius 3 is 2.25 bits per heavy atom. The first-order chi connectivity index (χ1) is 1.91. The molecule has 0 N–H and O–H groups in total. The maximum absolute atomic E-state index is 8.81. The van der Waals surface area contributed by atoms with Crippen molar-refractivity contribution in [1.29, 1.82) is 0 Å². The van der Waals surface area contributed by atoms with E-state index in [-0.39, 0.29) is 0 Å². The second-order valence-corrected chi connectivity index (χ2v) is 0.958. The molecule has 0 spiro atoms. The lowest BCUT2D eigenvalue weighted by Crippen LogP contribution is -1.10. The van der Waals surface area contributed by atoms with Gasteiger partial charge in [-0.25, -0.2) is 0 Å². The molecule has 0 aliphatic heterocycles. The summed E-state index contributed by atoms with van der Waals surface area (Å²) in [5, 5.41) is 0. The Bertz CT molecular complexity index is 20.0. The topological polar surface area (TPSA) is 29.4 Å². The first-order valence-corrected chi connectivity index (χ1v) is 2.37. The lowest BCUT2D eigenvalue weighted by molar-refractivity contribution is 1.90. The molecular formula is HNOS2. The number of nitroso groups, excluding NO2 is 1. The van der Waals surface area contributed by atoms with Gasteiger partial charge in [-0.15, -0.1) is 4.91 Å². The molecule has 0 fully saturated rings. The molecule has 4 heavy (non-hydrogen) atoms. The molecule has 0 atom stereocenters. The van der Waals surface area contributed by atoms with Crippen LogP contribution in [0.5, 0.6) is 0 Å². The highest BCUT2D eigenvalue weighted by Gasteiger charge is 1.53. The van der Waals surface area contributed by atoms with Gasteiger partial charge in [-0.3, -0.25) is 0 Å². The molecule has 0 rings (SSSR count). The average Bonchev–Trinajstić information content (AvgIpc) is 1.37. The summed E-state index contributed by atoms with van der Waals surface area (Å²) in [5.74, 6) is 0. The highest BCUT2D eigenvalue weighted by molar-refractivity contribution is 8.68. The first-order valence-electron chi connectivity index (χ1n) is 0.548. The minimum atomic E-state index is 0.620. The van der Waals surface area contributed by atoms with E-state index in [9.17, 15) is 0 Å². The van der Waals surface area contributed by atoms with E-state index in [1.165, 1.54) is 0 Å². The maximum Gasteiger partial charge on any atom is 0.0870 e. The lowest BCUT2D eigenvalue weighted by atomic mass is 13.7. The van der Waals surface area contributed by atoms with Gasteiger partial charge >= 0.3 is 0 Å². The van der Waals surface area contributed by atoms with Gasteiger partial charge in [0.15, 0.2) is 0 Å². The standard InChI is InChI=1S/HNOS2/c2-1-4-3/h3H. The van der Waals surface area contributed by atoms with Gasteiger partial charge in [0.05, 0.1) is 11.0 Å². The first kappa shape index (κ1) is 4.30. The third-order valence-electron chi connectivity index (χ3n) is 0.0333. The summed E-state index contributed by atoms with van der Waals surface area (Å²) in [6.45, 7) is 0. The predicted molar refractivity (Wildman–Crippen MR) is 22.4 cm³/mol. The fourth-order valence-corrected chi connectivity index (χ4v) is 0. The van der Waals surface area contributed by atoms with E-state index < -0.39 is 0 Å². The SMILES string of the molecule is O=NSS. The molecule has 2 nitrogen and oxygen atoms in total. The van der Waals surface area contributed by atoms with Crippen LogP contribution in [0, 0.1) is 4.91 Å². The summed E-state index contributed by atoms with van der Waals surface area (Å²) in [4.78, 5) is 8.81. The van der Waals surface area contributed by atoms with Crippen molar-refractivity contribution in [2.45, 2.75) is 0 Å². The Balaban J connectivity index is 2.30. The fourth-order valence-electron chi connectivity index (χ4n) is 0. The van der Waals surface area contributed by atoms with Gasteiger partial charge in [0, 0.05) is 4.58 Å². The number of rotatable bonds is 1. The monoisotopic (exact) mass is 94.9 g/mol. The molecule has 0 unspecified atom stereocenters. The van der Waals surface area contributed by atoms with Crippen molar-refractivity contribution in [3.8, 4) is 0 Å². The second kappa shape index (κ2) is 3.30. The van der Waals surface area contributed by atoms with Crippen LogP contribution in [-0.2, 0) is 0 Å². The van der Waals surface area contributed by atoms with Gasteiger partial charge in [0.2, 0.25) is 0 Å². The van der Waals surface area contributed by atoms with Crippen molar-refractivity contribution >= 4 is 22.6 Å². The largest absolute Gasteiger partial charge is 0.136 e. The van der Waals surface area contributed by atoms with Crippen LogP contribution in [0.4, 0.5) is 0 Å². The van der Waals surface area contributed by atoms with Crippen molar-refractivity contribution in [3.63, 3.8) is 0 Å². The molecule has 0 aromatic carbocycles. The Morgan fingerprint density at radius 2 is 2.25 bits per heavy atom. The third-order valence-corrected chi connectivity index (χ3v) is 0.300. The molecule has 0 saturated heterocycles. The van der Waals surface area contributed by atoms with Crippen LogP contribution in [0.1, 0.15) is 0 Å². The van der Waals surface area contributed by atoms with Crippen LogP contribution < -0.4 is 0 Å². The summed E-state index contributed by atoms with van der Waals surface area (Å²) in [6.07, 6.45) is 0. The van der Waals surface area contributed by atoms with Crippen molar-refractivity contribution < 1.29 is 0 Å². The molecule has 0 aliphatic rings. The van der Waals surface area contributed by atoms with E-state index in [4.69, 9.17) is 4.91 Å². The number of nitrogens with zero attached hydrogens (tertiary/aromatic N) is 1. The summed E-state index contributed by atoms with van der Waals surface area (Å²) in [7, 11) is 0.620. The molecular weight excluding hydrogens is 94.1 g/mol. The number of thiol groups is 1. The average molecular weight is 95.1 g/mol. The molecule has 0 aromatic heterocycles. The van der Waals surface area contributed by atoms with Gasteiger partial charge in [0.25, 0.3) is 0 Å². The van der Waals surface area contributed by atoms with Gasteiger partial charge in [-0.1, -0.05) is 11.7 Å². The predicted octanol–water partition coefficient (Wildman–Crippen LogP) is 1.25. The van der Waals surface area contributed by atoms with E-state index in [1.807, 2.05) is 0 Å². The van der Waals surface area contributed by atoms with E-state index in [0.717, 1.165) is 0 Å². The maximum atomic E-state index is 8.81. The van der Waals surface area contributed by atoms with Crippen LogP contribution in [0.15, 0.2) is 4.58 Å². The Hall–Kier alpha value is 0.300.